The Bertz CT molecular complexity index is 762. The van der Waals surface area contributed by atoms with Gasteiger partial charge in [0, 0.05) is 36.4 Å². The fourth-order valence-corrected chi connectivity index (χ4v) is 3.66. The molecule has 166 valence electrons. The summed E-state index contributed by atoms with van der Waals surface area (Å²) >= 11 is 7.96. The van der Waals surface area contributed by atoms with Gasteiger partial charge in [0.15, 0.2) is 0 Å². The lowest BCUT2D eigenvalue weighted by Gasteiger charge is -2.28. The number of likely N-dealkylation sites (tertiary alicyclic amines) is 1. The van der Waals surface area contributed by atoms with E-state index in [4.69, 9.17) is 10.8 Å². The van der Waals surface area contributed by atoms with Crippen molar-refractivity contribution in [1.29, 1.82) is 0 Å². The maximum absolute atomic E-state index is 12.8. The zero-order valence-electron chi connectivity index (χ0n) is 16.2. The number of imidazole rings is 1. The maximum atomic E-state index is 12.8. The standard InChI is InChI=1S/C17H26N6O5S2/c18-10(4-9-5-19-8-20-9)16(26)23-3-1-2-13(23)15(25)21-11(6-29)14(24)22-12(7-30)17(27)28/h5,8,10-13,29-30H,1-4,6-7,18H2,(H,19,20)(H,21,25)(H,22,24)(H,27,28). The Morgan fingerprint density at radius 3 is 2.53 bits per heavy atom. The molecule has 1 aliphatic rings. The molecule has 1 aromatic rings. The summed E-state index contributed by atoms with van der Waals surface area (Å²) in [5.41, 5.74) is 6.72. The lowest BCUT2D eigenvalue weighted by atomic mass is 10.1. The summed E-state index contributed by atoms with van der Waals surface area (Å²) in [7, 11) is 0. The molecule has 0 aliphatic carbocycles. The first kappa shape index (κ1) is 24.0. The van der Waals surface area contributed by atoms with E-state index in [-0.39, 0.29) is 23.8 Å². The fraction of sp³-hybridized carbons (Fsp3) is 0.588. The predicted molar refractivity (Wildman–Crippen MR) is 114 cm³/mol. The zero-order valence-corrected chi connectivity index (χ0v) is 17.9. The van der Waals surface area contributed by atoms with Gasteiger partial charge >= 0.3 is 5.97 Å². The highest BCUT2D eigenvalue weighted by Crippen LogP contribution is 2.19. The van der Waals surface area contributed by atoms with Crippen LogP contribution in [0.1, 0.15) is 18.5 Å². The van der Waals surface area contributed by atoms with Crippen molar-refractivity contribution in [2.45, 2.75) is 43.4 Å². The summed E-state index contributed by atoms with van der Waals surface area (Å²) in [6.07, 6.45) is 4.38. The van der Waals surface area contributed by atoms with Gasteiger partial charge in [-0.15, -0.1) is 0 Å². The summed E-state index contributed by atoms with van der Waals surface area (Å²) in [5.74, 6) is -2.95. The highest BCUT2D eigenvalue weighted by molar-refractivity contribution is 7.80. The number of H-pyrrole nitrogens is 1. The Balaban J connectivity index is 1.98. The molecule has 0 radical (unpaired) electrons. The van der Waals surface area contributed by atoms with Gasteiger partial charge in [-0.2, -0.15) is 25.3 Å². The van der Waals surface area contributed by atoms with E-state index in [9.17, 15) is 19.2 Å². The van der Waals surface area contributed by atoms with E-state index in [1.807, 2.05) is 0 Å². The van der Waals surface area contributed by atoms with Crippen molar-refractivity contribution in [3.8, 4) is 0 Å². The Hall–Kier alpha value is -2.25. The number of nitrogens with two attached hydrogens (primary N) is 1. The fourth-order valence-electron chi connectivity index (χ4n) is 3.16. The number of amides is 3. The number of aliphatic carboxylic acids is 1. The molecule has 0 saturated carbocycles. The van der Waals surface area contributed by atoms with Crippen molar-refractivity contribution < 1.29 is 24.3 Å². The molecule has 2 heterocycles. The van der Waals surface area contributed by atoms with E-state index >= 15 is 0 Å². The van der Waals surface area contributed by atoms with E-state index in [0.717, 1.165) is 0 Å². The Kier molecular flexibility index (Phi) is 8.99. The normalized spacial score (nSPS) is 19.0. The number of carbonyl (C=O) groups is 4. The van der Waals surface area contributed by atoms with E-state index < -0.39 is 42.0 Å². The van der Waals surface area contributed by atoms with Crippen LogP contribution < -0.4 is 16.4 Å². The number of thiol groups is 2. The summed E-state index contributed by atoms with van der Waals surface area (Å²) in [6.45, 7) is 0.381. The number of hydrogen-bond acceptors (Lipinski definition) is 8. The van der Waals surface area contributed by atoms with Gasteiger partial charge in [-0.3, -0.25) is 14.4 Å². The number of carboxylic acid groups (broad SMARTS) is 1. The van der Waals surface area contributed by atoms with Gasteiger partial charge in [0.2, 0.25) is 17.7 Å². The second kappa shape index (κ2) is 11.2. The first-order valence-electron chi connectivity index (χ1n) is 9.37. The van der Waals surface area contributed by atoms with Crippen LogP contribution in [0.15, 0.2) is 12.5 Å². The Morgan fingerprint density at radius 2 is 1.97 bits per heavy atom. The van der Waals surface area contributed by atoms with Crippen LogP contribution in [0.2, 0.25) is 0 Å². The summed E-state index contributed by atoms with van der Waals surface area (Å²) in [4.78, 5) is 57.1. The van der Waals surface area contributed by atoms with Crippen molar-refractivity contribution >= 4 is 48.9 Å². The molecule has 3 amide bonds. The number of carbonyl (C=O) groups excluding carboxylic acids is 3. The third-order valence-electron chi connectivity index (χ3n) is 4.76. The molecule has 4 unspecified atom stereocenters. The second-order valence-corrected chi connectivity index (χ2v) is 7.63. The molecule has 11 nitrogen and oxygen atoms in total. The third-order valence-corrected chi connectivity index (χ3v) is 5.49. The molecular weight excluding hydrogens is 432 g/mol. The van der Waals surface area contributed by atoms with Crippen LogP contribution in [-0.2, 0) is 25.6 Å². The van der Waals surface area contributed by atoms with E-state index in [1.165, 1.54) is 11.2 Å². The van der Waals surface area contributed by atoms with E-state index in [1.54, 1.807) is 6.20 Å². The minimum Gasteiger partial charge on any atom is -0.480 e. The topological polar surface area (TPSA) is 171 Å². The average molecular weight is 459 g/mol. The zero-order chi connectivity index (χ0) is 22.3. The molecule has 1 aliphatic heterocycles. The molecular formula is C17H26N6O5S2. The summed E-state index contributed by atoms with van der Waals surface area (Å²) in [5, 5.41) is 13.9. The molecule has 30 heavy (non-hydrogen) atoms. The van der Waals surface area contributed by atoms with E-state index in [0.29, 0.717) is 25.1 Å². The molecule has 0 aromatic carbocycles. The monoisotopic (exact) mass is 458 g/mol. The molecule has 2 rings (SSSR count). The Labute approximate surface area is 184 Å². The lowest BCUT2D eigenvalue weighted by Crippen LogP contribution is -2.57. The van der Waals surface area contributed by atoms with Gasteiger partial charge < -0.3 is 31.4 Å². The molecule has 1 saturated heterocycles. The number of aromatic amines is 1. The molecule has 13 heteroatoms. The van der Waals surface area contributed by atoms with Crippen molar-refractivity contribution in [1.82, 2.24) is 25.5 Å². The molecule has 1 aromatic heterocycles. The van der Waals surface area contributed by atoms with Crippen molar-refractivity contribution in [2.75, 3.05) is 18.1 Å². The summed E-state index contributed by atoms with van der Waals surface area (Å²) in [6, 6.07) is -3.85. The first-order chi connectivity index (χ1) is 14.3. The van der Waals surface area contributed by atoms with Crippen molar-refractivity contribution in [3.63, 3.8) is 0 Å². The number of rotatable bonds is 10. The Morgan fingerprint density at radius 1 is 1.27 bits per heavy atom. The van der Waals surface area contributed by atoms with Gasteiger partial charge in [-0.1, -0.05) is 0 Å². The molecule has 4 atom stereocenters. The minimum atomic E-state index is -1.23. The van der Waals surface area contributed by atoms with Crippen molar-refractivity contribution in [2.24, 2.45) is 5.73 Å². The average Bonchev–Trinajstić information content (AvgIpc) is 3.40. The van der Waals surface area contributed by atoms with Gasteiger partial charge in [-0.05, 0) is 12.8 Å². The van der Waals surface area contributed by atoms with Crippen LogP contribution in [0.5, 0.6) is 0 Å². The number of hydrogen-bond donors (Lipinski definition) is 7. The molecule has 0 bridgehead atoms. The second-order valence-electron chi connectivity index (χ2n) is 6.90. The van der Waals surface area contributed by atoms with Gasteiger partial charge in [0.1, 0.15) is 18.1 Å². The van der Waals surface area contributed by atoms with E-state index in [2.05, 4.69) is 45.9 Å². The molecule has 0 spiro atoms. The largest absolute Gasteiger partial charge is 0.480 e. The predicted octanol–water partition coefficient (Wildman–Crippen LogP) is -1.82. The summed E-state index contributed by atoms with van der Waals surface area (Å²) < 4.78 is 0. The van der Waals surface area contributed by atoms with Crippen LogP contribution in [0.3, 0.4) is 0 Å². The number of nitrogens with zero attached hydrogens (tertiary/aromatic N) is 2. The quantitative estimate of drug-likeness (QED) is 0.202. The van der Waals surface area contributed by atoms with Gasteiger partial charge in [0.25, 0.3) is 0 Å². The minimum absolute atomic E-state index is 0.0452. The van der Waals surface area contributed by atoms with Crippen LogP contribution in [0.25, 0.3) is 0 Å². The van der Waals surface area contributed by atoms with Crippen LogP contribution >= 0.6 is 25.3 Å². The molecule has 1 fully saturated rings. The highest BCUT2D eigenvalue weighted by Gasteiger charge is 2.37. The van der Waals surface area contributed by atoms with Gasteiger partial charge in [0.05, 0.1) is 12.4 Å². The number of carboxylic acids is 1. The lowest BCUT2D eigenvalue weighted by molar-refractivity contribution is -0.142. The van der Waals surface area contributed by atoms with Crippen LogP contribution in [0.4, 0.5) is 0 Å². The van der Waals surface area contributed by atoms with Crippen LogP contribution in [0, 0.1) is 0 Å². The SMILES string of the molecule is NC(Cc1cnc[nH]1)C(=O)N1CCCC1C(=O)NC(CS)C(=O)NC(CS)C(=O)O. The van der Waals surface area contributed by atoms with Gasteiger partial charge in [-0.25, -0.2) is 9.78 Å². The highest BCUT2D eigenvalue weighted by atomic mass is 32.1. The maximum Gasteiger partial charge on any atom is 0.327 e. The van der Waals surface area contributed by atoms with Crippen molar-refractivity contribution in [3.05, 3.63) is 18.2 Å². The smallest absolute Gasteiger partial charge is 0.327 e. The first-order valence-corrected chi connectivity index (χ1v) is 10.6. The number of nitrogens with one attached hydrogen (secondary N) is 3. The third kappa shape index (κ3) is 6.12. The number of aromatic nitrogens is 2. The van der Waals surface area contributed by atoms with Crippen LogP contribution in [-0.4, -0.2) is 85.9 Å². The molecule has 6 N–H and O–H groups in total.